The molecule has 1 saturated carbocycles. The largest absolute Gasteiger partial charge is 0.334 e. The van der Waals surface area contributed by atoms with Gasteiger partial charge in [-0.05, 0) is 88.5 Å². The van der Waals surface area contributed by atoms with Crippen molar-refractivity contribution in [2.75, 3.05) is 19.6 Å². The van der Waals surface area contributed by atoms with Crippen LogP contribution in [0.15, 0.2) is 23.1 Å². The van der Waals surface area contributed by atoms with Crippen LogP contribution < -0.4 is 5.56 Å². The summed E-state index contributed by atoms with van der Waals surface area (Å²) in [4.78, 5) is 36.3. The van der Waals surface area contributed by atoms with E-state index in [1.165, 1.54) is 46.7 Å². The smallest absolute Gasteiger partial charge is 0.255 e. The summed E-state index contributed by atoms with van der Waals surface area (Å²) >= 11 is 1.87. The summed E-state index contributed by atoms with van der Waals surface area (Å²) in [7, 11) is 0. The lowest BCUT2D eigenvalue weighted by atomic mass is 9.76. The second-order valence-electron chi connectivity index (χ2n) is 12.2. The molecule has 0 bridgehead atoms. The minimum atomic E-state index is -0.0803. The zero-order valence-electron chi connectivity index (χ0n) is 23.9. The van der Waals surface area contributed by atoms with Gasteiger partial charge in [0.2, 0.25) is 0 Å². The van der Waals surface area contributed by atoms with E-state index in [2.05, 4.69) is 46.5 Å². The van der Waals surface area contributed by atoms with Crippen molar-refractivity contribution in [3.63, 3.8) is 0 Å². The number of aryl methyl sites for hydroxylation is 3. The maximum absolute atomic E-state index is 13.6. The van der Waals surface area contributed by atoms with E-state index >= 15 is 0 Å². The van der Waals surface area contributed by atoms with Crippen molar-refractivity contribution >= 4 is 17.2 Å². The van der Waals surface area contributed by atoms with Crippen LogP contribution in [-0.2, 0) is 13.0 Å². The highest BCUT2D eigenvalue weighted by atomic mass is 32.1. The second kappa shape index (κ2) is 10.4. The molecule has 0 radical (unpaired) electrons. The van der Waals surface area contributed by atoms with Gasteiger partial charge in [-0.2, -0.15) is 5.10 Å². The van der Waals surface area contributed by atoms with Crippen LogP contribution in [0.3, 0.4) is 0 Å². The summed E-state index contributed by atoms with van der Waals surface area (Å²) < 4.78 is 2.19. The Morgan fingerprint density at radius 3 is 2.49 bits per heavy atom. The van der Waals surface area contributed by atoms with Gasteiger partial charge >= 0.3 is 0 Å². The molecule has 2 fully saturated rings. The molecule has 39 heavy (non-hydrogen) atoms. The molecule has 3 aromatic rings. The van der Waals surface area contributed by atoms with Crippen molar-refractivity contribution in [2.24, 2.45) is 5.92 Å². The molecule has 208 valence electrons. The number of likely N-dealkylation sites (tertiary alicyclic amines) is 1. The maximum atomic E-state index is 13.6. The van der Waals surface area contributed by atoms with Crippen molar-refractivity contribution < 1.29 is 4.79 Å². The molecule has 7 nitrogen and oxygen atoms in total. The summed E-state index contributed by atoms with van der Waals surface area (Å²) in [6.07, 6.45) is 7.83. The van der Waals surface area contributed by atoms with Gasteiger partial charge in [0.1, 0.15) is 0 Å². The minimum absolute atomic E-state index is 0.0803. The van der Waals surface area contributed by atoms with E-state index in [0.717, 1.165) is 36.3 Å². The molecular weight excluding hydrogens is 506 g/mol. The first-order chi connectivity index (χ1) is 18.7. The molecule has 2 aliphatic heterocycles. The molecule has 1 amide bonds. The number of nitrogens with zero attached hydrogens (tertiary/aromatic N) is 4. The van der Waals surface area contributed by atoms with Crippen molar-refractivity contribution in [1.82, 2.24) is 24.6 Å². The number of carbonyl (C=O) groups is 1. The Bertz CT molecular complexity index is 1440. The van der Waals surface area contributed by atoms with E-state index in [1.54, 1.807) is 0 Å². The van der Waals surface area contributed by atoms with E-state index in [-0.39, 0.29) is 11.5 Å². The average Bonchev–Trinajstić information content (AvgIpc) is 3.45. The number of pyridine rings is 1. The predicted octanol–water partition coefficient (Wildman–Crippen LogP) is 5.28. The van der Waals surface area contributed by atoms with Crippen LogP contribution in [0.2, 0.25) is 0 Å². The van der Waals surface area contributed by atoms with Gasteiger partial charge in [0, 0.05) is 65.0 Å². The number of H-pyrrole nitrogens is 1. The molecule has 1 N–H and O–H groups in total. The summed E-state index contributed by atoms with van der Waals surface area (Å²) in [6.45, 7) is 13.8. The standard InChI is InChI=1S/C31H41N5O2S/c1-18-14-19(2)33-30(37)26(18)17-34-13-11-27-28(31(34)38)22(5)29(39-27)21(4)23-6-8-24(9-7-23)35-15-25(16-35)36-20(3)10-12-32-36/h10,12,14,21,23-25H,6-9,11,13,15-17H2,1-5H3,(H,33,37). The number of amides is 1. The molecule has 3 aliphatic rings. The summed E-state index contributed by atoms with van der Waals surface area (Å²) in [6, 6.07) is 5.31. The molecular formula is C31H41N5O2S. The zero-order chi connectivity index (χ0) is 27.4. The van der Waals surface area contributed by atoms with Crippen LogP contribution in [0.1, 0.15) is 92.8 Å². The van der Waals surface area contributed by atoms with Crippen LogP contribution >= 0.6 is 11.3 Å². The fourth-order valence-corrected chi connectivity index (χ4v) is 8.72. The van der Waals surface area contributed by atoms with E-state index in [9.17, 15) is 9.59 Å². The average molecular weight is 548 g/mol. The topological polar surface area (TPSA) is 74.2 Å². The predicted molar refractivity (Wildman–Crippen MR) is 156 cm³/mol. The van der Waals surface area contributed by atoms with Gasteiger partial charge in [0.25, 0.3) is 11.5 Å². The molecule has 8 heteroatoms. The molecule has 0 aromatic carbocycles. The molecule has 6 rings (SSSR count). The van der Waals surface area contributed by atoms with Crippen LogP contribution in [-0.4, -0.2) is 56.1 Å². The number of carbonyl (C=O) groups excluding carboxylic acids is 1. The minimum Gasteiger partial charge on any atom is -0.334 e. The molecule has 0 spiro atoms. The number of nitrogens with one attached hydrogen (secondary N) is 1. The zero-order valence-corrected chi connectivity index (χ0v) is 24.7. The molecule has 5 heterocycles. The van der Waals surface area contributed by atoms with Crippen LogP contribution in [0, 0.1) is 33.6 Å². The van der Waals surface area contributed by atoms with Crippen molar-refractivity contribution in [1.29, 1.82) is 0 Å². The third-order valence-electron chi connectivity index (χ3n) is 9.69. The highest BCUT2D eigenvalue weighted by Gasteiger charge is 2.38. The monoisotopic (exact) mass is 547 g/mol. The van der Waals surface area contributed by atoms with E-state index in [0.29, 0.717) is 42.6 Å². The van der Waals surface area contributed by atoms with Gasteiger partial charge in [-0.25, -0.2) is 0 Å². The van der Waals surface area contributed by atoms with Gasteiger partial charge in [-0.3, -0.25) is 19.2 Å². The number of hydrogen-bond donors (Lipinski definition) is 1. The SMILES string of the molecule is Cc1cc(C)c(CN2CCc3sc(C(C)C4CCC(N5CC(n6nccc6C)C5)CC4)c(C)c3C2=O)c(=O)[nH]1. The Balaban J connectivity index is 1.09. The number of rotatable bonds is 6. The van der Waals surface area contributed by atoms with Gasteiger partial charge < -0.3 is 9.88 Å². The Morgan fingerprint density at radius 2 is 1.82 bits per heavy atom. The van der Waals surface area contributed by atoms with Crippen LogP contribution in [0.25, 0.3) is 0 Å². The number of hydrogen-bond acceptors (Lipinski definition) is 5. The second-order valence-corrected chi connectivity index (χ2v) is 13.3. The Hall–Kier alpha value is -2.71. The number of aromatic amines is 1. The van der Waals surface area contributed by atoms with Crippen LogP contribution in [0.5, 0.6) is 0 Å². The van der Waals surface area contributed by atoms with Gasteiger partial charge in [-0.15, -0.1) is 11.3 Å². The normalized spacial score (nSPS) is 23.1. The lowest BCUT2D eigenvalue weighted by Crippen LogP contribution is -2.54. The molecule has 1 aliphatic carbocycles. The van der Waals surface area contributed by atoms with E-state index in [1.807, 2.05) is 42.3 Å². The summed E-state index contributed by atoms with van der Waals surface area (Å²) in [5.41, 5.74) is 5.76. The third-order valence-corrected chi connectivity index (χ3v) is 11.2. The number of fused-ring (bicyclic) bond motifs is 1. The first kappa shape index (κ1) is 26.5. The Labute approximate surface area is 235 Å². The first-order valence-electron chi connectivity index (χ1n) is 14.6. The molecule has 1 atom stereocenters. The van der Waals surface area contributed by atoms with Crippen molar-refractivity contribution in [2.45, 2.75) is 91.3 Å². The van der Waals surface area contributed by atoms with Crippen molar-refractivity contribution in [3.05, 3.63) is 72.1 Å². The lowest BCUT2D eigenvalue weighted by Gasteiger charge is -2.47. The quantitative estimate of drug-likeness (QED) is 0.456. The van der Waals surface area contributed by atoms with Gasteiger partial charge in [0.15, 0.2) is 0 Å². The van der Waals surface area contributed by atoms with Crippen molar-refractivity contribution in [3.8, 4) is 0 Å². The number of thiophene rings is 1. The fraction of sp³-hybridized carbons (Fsp3) is 0.581. The van der Waals surface area contributed by atoms with Gasteiger partial charge in [-0.1, -0.05) is 6.92 Å². The highest BCUT2D eigenvalue weighted by molar-refractivity contribution is 7.12. The summed E-state index contributed by atoms with van der Waals surface area (Å²) in [5.74, 6) is 1.23. The maximum Gasteiger partial charge on any atom is 0.255 e. The molecule has 1 saturated heterocycles. The van der Waals surface area contributed by atoms with Crippen LogP contribution in [0.4, 0.5) is 0 Å². The number of aromatic nitrogens is 3. The van der Waals surface area contributed by atoms with Gasteiger partial charge in [0.05, 0.1) is 18.2 Å². The fourth-order valence-electron chi connectivity index (χ4n) is 7.28. The summed E-state index contributed by atoms with van der Waals surface area (Å²) in [5, 5.41) is 4.51. The first-order valence-corrected chi connectivity index (χ1v) is 15.4. The molecule has 3 aromatic heterocycles. The highest BCUT2D eigenvalue weighted by Crippen LogP contribution is 2.44. The third kappa shape index (κ3) is 4.80. The van der Waals surface area contributed by atoms with E-state index < -0.39 is 0 Å². The Morgan fingerprint density at radius 1 is 1.08 bits per heavy atom. The van der Waals surface area contributed by atoms with E-state index in [4.69, 9.17) is 0 Å². The Kier molecular flexibility index (Phi) is 7.04. The molecule has 1 unspecified atom stereocenters. The lowest BCUT2D eigenvalue weighted by molar-refractivity contribution is 0.0262.